The molecule has 1 aliphatic rings. The summed E-state index contributed by atoms with van der Waals surface area (Å²) in [5, 5.41) is 5.79. The van der Waals surface area contributed by atoms with Crippen molar-refractivity contribution >= 4 is 77.4 Å². The van der Waals surface area contributed by atoms with Crippen LogP contribution in [0.25, 0.3) is 22.4 Å². The van der Waals surface area contributed by atoms with E-state index in [2.05, 4.69) is 76.0 Å². The number of benzene rings is 2. The SMILES string of the molecule is C.CC(C)(C)c1ccc(S(=O)(=O)Nc2cc(Cl)cnc2C(=O)N2CCCc3cccnc32)cc1.Cn1nc(-c2ncc(Cl)cc2NS(=O)(=O)c2ccc(C(C)(C)C)cc2)c2cccnc21. The molecular weight excluding hydrogens is 906 g/mol. The van der Waals surface area contributed by atoms with Gasteiger partial charge in [-0.05, 0) is 95.0 Å². The Hall–Kier alpha value is -5.94. The third-order valence-electron chi connectivity index (χ3n) is 10.5. The number of nitrogens with one attached hydrogen (secondary N) is 2. The fourth-order valence-electron chi connectivity index (χ4n) is 7.06. The summed E-state index contributed by atoms with van der Waals surface area (Å²) < 4.78 is 59.2. The molecule has 0 aliphatic carbocycles. The number of fused-ring (bicyclic) bond motifs is 2. The maximum absolute atomic E-state index is 13.4. The van der Waals surface area contributed by atoms with Gasteiger partial charge in [0.25, 0.3) is 26.0 Å². The van der Waals surface area contributed by atoms with Crippen molar-refractivity contribution in [1.82, 2.24) is 29.7 Å². The zero-order valence-corrected chi connectivity index (χ0v) is 39.4. The number of nitrogens with zero attached hydrogens (tertiary/aromatic N) is 7. The van der Waals surface area contributed by atoms with Crippen molar-refractivity contribution in [3.63, 3.8) is 0 Å². The Kier molecular flexibility index (Phi) is 14.1. The number of aryl methyl sites for hydroxylation is 2. The summed E-state index contributed by atoms with van der Waals surface area (Å²) in [4.78, 5) is 32.4. The minimum Gasteiger partial charge on any atom is -0.291 e. The Labute approximate surface area is 390 Å². The molecule has 1 aliphatic heterocycles. The van der Waals surface area contributed by atoms with Crippen LogP contribution in [0.4, 0.5) is 17.2 Å². The zero-order chi connectivity index (χ0) is 46.2. The van der Waals surface area contributed by atoms with Crippen molar-refractivity contribution in [3.8, 4) is 11.4 Å². The average Bonchev–Trinajstić information content (AvgIpc) is 3.58. The highest BCUT2D eigenvalue weighted by Gasteiger charge is 2.29. The van der Waals surface area contributed by atoms with Crippen LogP contribution in [0.5, 0.6) is 0 Å². The van der Waals surface area contributed by atoms with E-state index in [9.17, 15) is 21.6 Å². The van der Waals surface area contributed by atoms with Gasteiger partial charge in [0.2, 0.25) is 0 Å². The van der Waals surface area contributed by atoms with E-state index in [1.165, 1.54) is 29.4 Å². The van der Waals surface area contributed by atoms with E-state index in [-0.39, 0.29) is 50.1 Å². The number of amides is 1. The lowest BCUT2D eigenvalue weighted by molar-refractivity contribution is 0.0980. The fraction of sp³-hybridized carbons (Fsp3) is 0.277. The van der Waals surface area contributed by atoms with Gasteiger partial charge in [-0.25, -0.2) is 36.5 Å². The molecule has 0 fully saturated rings. The molecule has 8 rings (SSSR count). The van der Waals surface area contributed by atoms with Crippen molar-refractivity contribution in [2.75, 3.05) is 20.9 Å². The van der Waals surface area contributed by atoms with E-state index in [1.807, 2.05) is 30.3 Å². The Morgan fingerprint density at radius 3 is 1.78 bits per heavy atom. The smallest absolute Gasteiger partial charge is 0.280 e. The molecule has 18 heteroatoms. The molecule has 7 aromatic rings. The van der Waals surface area contributed by atoms with Crippen LogP contribution in [0.1, 0.15) is 82.6 Å². The number of sulfonamides is 2. The van der Waals surface area contributed by atoms with E-state index in [0.717, 1.165) is 34.9 Å². The van der Waals surface area contributed by atoms with Crippen LogP contribution in [0.15, 0.2) is 120 Å². The number of pyridine rings is 4. The Morgan fingerprint density at radius 1 is 0.677 bits per heavy atom. The maximum atomic E-state index is 13.4. The standard InChI is InChI=1S/C24H25ClN4O3S.C22H22ClN5O2S.CH4/c1-24(2,3)17-8-10-19(11-9-17)33(31,32)28-20-14-18(25)15-27-21(20)23(30)29-13-5-7-16-6-4-12-26-22(16)29;1-22(2,3)14-7-9-16(10-8-14)31(29,30)27-18-12-15(23)13-25-20(18)19-17-6-5-11-24-21(17)28(4)26-19;/h4,6,8-12,14-15,28H,5,7,13H2,1-3H3;5-13,27H,1-4H3;1H4. The van der Waals surface area contributed by atoms with Gasteiger partial charge < -0.3 is 0 Å². The third kappa shape index (κ3) is 10.8. The van der Waals surface area contributed by atoms with Crippen LogP contribution < -0.4 is 14.3 Å². The first-order chi connectivity index (χ1) is 30.1. The van der Waals surface area contributed by atoms with Crippen LogP contribution >= 0.6 is 23.2 Å². The highest BCUT2D eigenvalue weighted by atomic mass is 35.5. The van der Waals surface area contributed by atoms with Gasteiger partial charge in [-0.15, -0.1) is 0 Å². The van der Waals surface area contributed by atoms with E-state index in [0.29, 0.717) is 34.4 Å². The van der Waals surface area contributed by atoms with Gasteiger partial charge >= 0.3 is 0 Å². The van der Waals surface area contributed by atoms with Gasteiger partial charge in [0.1, 0.15) is 17.2 Å². The first-order valence-electron chi connectivity index (χ1n) is 20.2. The van der Waals surface area contributed by atoms with Gasteiger partial charge in [-0.2, -0.15) is 5.10 Å². The number of aromatic nitrogens is 6. The molecule has 0 saturated carbocycles. The molecule has 0 spiro atoms. The van der Waals surface area contributed by atoms with Crippen LogP contribution in [-0.4, -0.2) is 59.0 Å². The van der Waals surface area contributed by atoms with Crippen molar-refractivity contribution in [2.24, 2.45) is 7.05 Å². The minimum atomic E-state index is -3.97. The largest absolute Gasteiger partial charge is 0.291 e. The topological polar surface area (TPSA) is 182 Å². The first kappa shape index (κ1) is 48.5. The molecule has 0 saturated heterocycles. The molecule has 14 nitrogen and oxygen atoms in total. The van der Waals surface area contributed by atoms with Crippen LogP contribution in [0.3, 0.4) is 0 Å². The summed E-state index contributed by atoms with van der Waals surface area (Å²) in [6, 6.07) is 23.9. The summed E-state index contributed by atoms with van der Waals surface area (Å²) in [6.45, 7) is 12.8. The first-order valence-corrected chi connectivity index (χ1v) is 24.0. The molecule has 1 amide bonds. The Morgan fingerprint density at radius 2 is 1.20 bits per heavy atom. The molecule has 2 N–H and O–H groups in total. The normalized spacial score (nSPS) is 13.0. The number of carbonyl (C=O) groups is 1. The highest BCUT2D eigenvalue weighted by molar-refractivity contribution is 7.93. The molecule has 0 radical (unpaired) electrons. The third-order valence-corrected chi connectivity index (χ3v) is 13.7. The number of rotatable bonds is 8. The van der Waals surface area contributed by atoms with Crippen LogP contribution in [-0.2, 0) is 44.3 Å². The second-order valence-electron chi connectivity index (χ2n) is 17.3. The average molecular weight is 957 g/mol. The predicted octanol–water partition coefficient (Wildman–Crippen LogP) is 10.2. The number of carbonyl (C=O) groups excluding carboxylic acids is 1. The van der Waals surface area contributed by atoms with Crippen molar-refractivity contribution in [2.45, 2.75) is 82.4 Å². The van der Waals surface area contributed by atoms with E-state index < -0.39 is 26.0 Å². The van der Waals surface area contributed by atoms with Crippen LogP contribution in [0.2, 0.25) is 10.0 Å². The molecule has 0 bridgehead atoms. The van der Waals surface area contributed by atoms with Crippen molar-refractivity contribution in [1.29, 1.82) is 0 Å². The van der Waals surface area contributed by atoms with Gasteiger partial charge in [-0.3, -0.25) is 24.1 Å². The second kappa shape index (κ2) is 18.9. The predicted molar refractivity (Wildman–Crippen MR) is 259 cm³/mol. The summed E-state index contributed by atoms with van der Waals surface area (Å²) in [5.41, 5.74) is 4.63. The molecule has 340 valence electrons. The lowest BCUT2D eigenvalue weighted by atomic mass is 9.87. The minimum absolute atomic E-state index is 0. The number of hydrogen-bond donors (Lipinski definition) is 2. The number of hydrogen-bond acceptors (Lipinski definition) is 10. The highest BCUT2D eigenvalue weighted by Crippen LogP contribution is 2.34. The molecule has 2 aromatic carbocycles. The van der Waals surface area contributed by atoms with Gasteiger partial charge in [0.15, 0.2) is 11.3 Å². The summed E-state index contributed by atoms with van der Waals surface area (Å²) in [7, 11) is -6.07. The fourth-order valence-corrected chi connectivity index (χ4v) is 9.49. The summed E-state index contributed by atoms with van der Waals surface area (Å²) in [6.07, 6.45) is 7.69. The van der Waals surface area contributed by atoms with Gasteiger partial charge in [0, 0.05) is 43.8 Å². The van der Waals surface area contributed by atoms with E-state index >= 15 is 0 Å². The van der Waals surface area contributed by atoms with E-state index in [1.54, 1.807) is 66.6 Å². The molecule has 6 heterocycles. The monoisotopic (exact) mass is 955 g/mol. The molecule has 0 atom stereocenters. The van der Waals surface area contributed by atoms with Gasteiger partial charge in [0.05, 0.1) is 31.2 Å². The molecule has 5 aromatic heterocycles. The van der Waals surface area contributed by atoms with Gasteiger partial charge in [-0.1, -0.05) is 103 Å². The van der Waals surface area contributed by atoms with Crippen LogP contribution in [0, 0.1) is 0 Å². The Bertz CT molecular complexity index is 3100. The number of halogens is 2. The Balaban J connectivity index is 0.000000212. The summed E-state index contributed by atoms with van der Waals surface area (Å²) >= 11 is 12.2. The van der Waals surface area contributed by atoms with E-state index in [4.69, 9.17) is 23.2 Å². The zero-order valence-electron chi connectivity index (χ0n) is 36.3. The summed E-state index contributed by atoms with van der Waals surface area (Å²) in [5.74, 6) is 0.129. The van der Waals surface area contributed by atoms with Crippen molar-refractivity contribution in [3.05, 3.63) is 142 Å². The molecule has 0 unspecified atom stereocenters. The molecule has 65 heavy (non-hydrogen) atoms. The molecular formula is C47H51Cl2N9O5S2. The lowest BCUT2D eigenvalue weighted by Crippen LogP contribution is -2.37. The quantitative estimate of drug-likeness (QED) is 0.149. The maximum Gasteiger partial charge on any atom is 0.280 e. The lowest BCUT2D eigenvalue weighted by Gasteiger charge is -2.28. The number of anilines is 3. The second-order valence-corrected chi connectivity index (χ2v) is 21.5. The van der Waals surface area contributed by atoms with Crippen molar-refractivity contribution < 1.29 is 21.6 Å².